The van der Waals surface area contributed by atoms with Gasteiger partial charge in [-0.2, -0.15) is 5.10 Å². The smallest absolute Gasteiger partial charge is 0.341 e. The highest BCUT2D eigenvalue weighted by Gasteiger charge is 2.19. The summed E-state index contributed by atoms with van der Waals surface area (Å²) in [5.41, 5.74) is 3.62. The van der Waals surface area contributed by atoms with E-state index in [2.05, 4.69) is 21.5 Å². The van der Waals surface area contributed by atoms with E-state index < -0.39 is 5.97 Å². The second kappa shape index (κ2) is 8.28. The van der Waals surface area contributed by atoms with Crippen molar-refractivity contribution in [1.82, 2.24) is 20.1 Å². The fourth-order valence-electron chi connectivity index (χ4n) is 3.30. The van der Waals surface area contributed by atoms with E-state index in [0.717, 1.165) is 16.6 Å². The molecular weight excluding hydrogens is 371 g/mol. The van der Waals surface area contributed by atoms with Gasteiger partial charge in [0.25, 0.3) is 0 Å². The third kappa shape index (κ3) is 4.05. The monoisotopic (exact) mass is 392 g/mol. The molecule has 0 aliphatic carbocycles. The quantitative estimate of drug-likeness (QED) is 0.467. The molecule has 0 amide bonds. The molecule has 6 nitrogen and oxygen atoms in total. The lowest BCUT2D eigenvalue weighted by molar-refractivity contribution is 0.0525. The predicted molar refractivity (Wildman–Crippen MR) is 108 cm³/mol. The van der Waals surface area contributed by atoms with Crippen LogP contribution in [-0.4, -0.2) is 27.3 Å². The molecule has 2 aromatic heterocycles. The Bertz CT molecular complexity index is 1120. The molecule has 0 atom stereocenters. The van der Waals surface area contributed by atoms with Crippen molar-refractivity contribution in [2.24, 2.45) is 0 Å². The molecule has 0 unspecified atom stereocenters. The number of ether oxygens (including phenoxy) is 1. The van der Waals surface area contributed by atoms with Crippen molar-refractivity contribution in [3.8, 4) is 5.69 Å². The van der Waals surface area contributed by atoms with Crippen molar-refractivity contribution in [3.05, 3.63) is 83.6 Å². The van der Waals surface area contributed by atoms with Crippen molar-refractivity contribution in [1.29, 1.82) is 0 Å². The van der Waals surface area contributed by atoms with Gasteiger partial charge in [-0.3, -0.25) is 0 Å². The summed E-state index contributed by atoms with van der Waals surface area (Å²) >= 11 is 0. The number of nitrogens with zero attached hydrogens (tertiary/aromatic N) is 2. The average molecular weight is 392 g/mol. The Morgan fingerprint density at radius 2 is 2.03 bits per heavy atom. The van der Waals surface area contributed by atoms with Crippen LogP contribution < -0.4 is 5.32 Å². The molecule has 2 N–H and O–H groups in total. The number of nitrogens with one attached hydrogen (secondary N) is 2. The maximum absolute atomic E-state index is 13.7. The number of carbonyl (C=O) groups excluding carboxylic acids is 1. The van der Waals surface area contributed by atoms with E-state index in [-0.39, 0.29) is 12.4 Å². The zero-order valence-corrected chi connectivity index (χ0v) is 16.0. The minimum absolute atomic E-state index is 0.270. The number of halogens is 1. The van der Waals surface area contributed by atoms with Gasteiger partial charge in [0.05, 0.1) is 24.2 Å². The van der Waals surface area contributed by atoms with Crippen LogP contribution in [0.1, 0.15) is 28.7 Å². The number of rotatable bonds is 7. The van der Waals surface area contributed by atoms with Gasteiger partial charge in [-0.1, -0.05) is 24.3 Å². The maximum Gasteiger partial charge on any atom is 0.341 e. The van der Waals surface area contributed by atoms with E-state index in [1.54, 1.807) is 23.7 Å². The summed E-state index contributed by atoms with van der Waals surface area (Å²) in [5, 5.41) is 8.77. The number of aromatic amines is 1. The number of esters is 1. The van der Waals surface area contributed by atoms with Crippen molar-refractivity contribution in [2.75, 3.05) is 6.61 Å². The minimum atomic E-state index is -0.447. The fourth-order valence-corrected chi connectivity index (χ4v) is 3.30. The van der Waals surface area contributed by atoms with Crippen LogP contribution in [-0.2, 0) is 17.8 Å². The molecule has 148 valence electrons. The van der Waals surface area contributed by atoms with E-state index >= 15 is 0 Å². The molecule has 4 aromatic rings. The van der Waals surface area contributed by atoms with Gasteiger partial charge in [0.2, 0.25) is 0 Å². The van der Waals surface area contributed by atoms with Crippen molar-refractivity contribution >= 4 is 16.9 Å². The first-order chi connectivity index (χ1) is 14.2. The number of carbonyl (C=O) groups is 1. The lowest BCUT2D eigenvalue weighted by Gasteiger charge is -2.11. The van der Waals surface area contributed by atoms with E-state index in [0.29, 0.717) is 30.0 Å². The third-order valence-corrected chi connectivity index (χ3v) is 4.61. The number of hydrogen-bond donors (Lipinski definition) is 2. The first-order valence-electron chi connectivity index (χ1n) is 9.43. The van der Waals surface area contributed by atoms with Crippen LogP contribution in [0.4, 0.5) is 4.39 Å². The molecule has 0 bridgehead atoms. The maximum atomic E-state index is 13.7. The normalized spacial score (nSPS) is 11.1. The number of aromatic nitrogens is 3. The fraction of sp³-hybridized carbons (Fsp3) is 0.182. The lowest BCUT2D eigenvalue weighted by atomic mass is 10.2. The molecule has 29 heavy (non-hydrogen) atoms. The van der Waals surface area contributed by atoms with Crippen molar-refractivity contribution < 1.29 is 13.9 Å². The minimum Gasteiger partial charge on any atom is -0.462 e. The average Bonchev–Trinajstić information content (AvgIpc) is 3.32. The van der Waals surface area contributed by atoms with Gasteiger partial charge in [-0.15, -0.1) is 0 Å². The summed E-state index contributed by atoms with van der Waals surface area (Å²) in [6, 6.07) is 16.2. The molecule has 7 heteroatoms. The summed E-state index contributed by atoms with van der Waals surface area (Å²) in [6.45, 7) is 2.96. The second-order valence-electron chi connectivity index (χ2n) is 6.60. The highest BCUT2D eigenvalue weighted by Crippen LogP contribution is 2.18. The zero-order chi connectivity index (χ0) is 20.2. The van der Waals surface area contributed by atoms with Crippen LogP contribution in [0.5, 0.6) is 0 Å². The van der Waals surface area contributed by atoms with Crippen molar-refractivity contribution in [2.45, 2.75) is 20.0 Å². The summed E-state index contributed by atoms with van der Waals surface area (Å²) in [4.78, 5) is 15.7. The van der Waals surface area contributed by atoms with Gasteiger partial charge in [0, 0.05) is 24.3 Å². The molecule has 2 heterocycles. The SMILES string of the molecule is CCOC(=O)c1cnn(-c2cccc(F)c2)c1CNCc1cc2ccccc2[nH]1. The topological polar surface area (TPSA) is 71.9 Å². The van der Waals surface area contributed by atoms with Gasteiger partial charge in [-0.05, 0) is 42.6 Å². The van der Waals surface area contributed by atoms with Crippen LogP contribution in [0.25, 0.3) is 16.6 Å². The van der Waals surface area contributed by atoms with Crippen LogP contribution >= 0.6 is 0 Å². The van der Waals surface area contributed by atoms with Crippen molar-refractivity contribution in [3.63, 3.8) is 0 Å². The third-order valence-electron chi connectivity index (χ3n) is 4.61. The Labute approximate surface area is 167 Å². The number of H-pyrrole nitrogens is 1. The van der Waals surface area contributed by atoms with E-state index in [4.69, 9.17) is 4.74 Å². The molecule has 4 rings (SSSR count). The molecule has 0 aliphatic rings. The van der Waals surface area contributed by atoms with E-state index in [1.165, 1.54) is 18.3 Å². The van der Waals surface area contributed by atoms with Crippen LogP contribution in [0.15, 0.2) is 60.8 Å². The van der Waals surface area contributed by atoms with Gasteiger partial charge in [-0.25, -0.2) is 13.9 Å². The number of hydrogen-bond acceptors (Lipinski definition) is 4. The Hall–Kier alpha value is -3.45. The Kier molecular flexibility index (Phi) is 5.39. The zero-order valence-electron chi connectivity index (χ0n) is 16.0. The molecule has 0 aliphatic heterocycles. The predicted octanol–water partition coefficient (Wildman–Crippen LogP) is 3.96. The lowest BCUT2D eigenvalue weighted by Crippen LogP contribution is -2.19. The van der Waals surface area contributed by atoms with Crippen LogP contribution in [0, 0.1) is 5.82 Å². The molecular formula is C22H21FN4O2. The second-order valence-corrected chi connectivity index (χ2v) is 6.60. The van der Waals surface area contributed by atoms with Crippen LogP contribution in [0.2, 0.25) is 0 Å². The summed E-state index contributed by atoms with van der Waals surface area (Å²) in [6.07, 6.45) is 1.46. The van der Waals surface area contributed by atoms with E-state index in [1.807, 2.05) is 24.3 Å². The summed E-state index contributed by atoms with van der Waals surface area (Å²) in [7, 11) is 0. The largest absolute Gasteiger partial charge is 0.462 e. The molecule has 0 saturated heterocycles. The van der Waals surface area contributed by atoms with Gasteiger partial charge in [0.1, 0.15) is 11.4 Å². The number of fused-ring (bicyclic) bond motifs is 1. The first kappa shape index (κ1) is 18.9. The van der Waals surface area contributed by atoms with Gasteiger partial charge < -0.3 is 15.0 Å². The standard InChI is InChI=1S/C22H21FN4O2/c1-2-29-22(28)19-13-25-27(18-8-5-7-16(23)11-18)21(19)14-24-12-17-10-15-6-3-4-9-20(15)26-17/h3-11,13,24,26H,2,12,14H2,1H3. The molecule has 0 spiro atoms. The van der Waals surface area contributed by atoms with Gasteiger partial charge >= 0.3 is 5.97 Å². The highest BCUT2D eigenvalue weighted by atomic mass is 19.1. The first-order valence-corrected chi connectivity index (χ1v) is 9.43. The number of benzene rings is 2. The highest BCUT2D eigenvalue weighted by molar-refractivity contribution is 5.90. The van der Waals surface area contributed by atoms with Crippen LogP contribution in [0.3, 0.4) is 0 Å². The summed E-state index contributed by atoms with van der Waals surface area (Å²) < 4.78 is 20.4. The van der Waals surface area contributed by atoms with Gasteiger partial charge in [0.15, 0.2) is 0 Å². The Balaban J connectivity index is 1.58. The summed E-state index contributed by atoms with van der Waals surface area (Å²) in [5.74, 6) is -0.815. The Morgan fingerprint density at radius 3 is 2.83 bits per heavy atom. The molecule has 0 saturated carbocycles. The Morgan fingerprint density at radius 1 is 1.17 bits per heavy atom. The molecule has 2 aromatic carbocycles. The molecule has 0 fully saturated rings. The van der Waals surface area contributed by atoms with E-state index in [9.17, 15) is 9.18 Å². The number of para-hydroxylation sites is 1. The molecule has 0 radical (unpaired) electrons.